The summed E-state index contributed by atoms with van der Waals surface area (Å²) in [5.41, 5.74) is -0.207. The molecule has 0 bridgehead atoms. The molecular formula is C51H90N2O10S. The minimum atomic E-state index is -1.09. The molecule has 12 nitrogen and oxygen atoms in total. The summed E-state index contributed by atoms with van der Waals surface area (Å²) in [5.74, 6) is 5.91. The van der Waals surface area contributed by atoms with Crippen LogP contribution in [0.3, 0.4) is 0 Å². The third-order valence-electron chi connectivity index (χ3n) is 19.2. The number of hydrogen-bond donors (Lipinski definition) is 4. The van der Waals surface area contributed by atoms with Crippen LogP contribution < -0.4 is 5.32 Å². The van der Waals surface area contributed by atoms with E-state index in [1.54, 1.807) is 25.4 Å². The standard InChI is InChI=1S/C46H80N2O9.C4H6S.CH4O/c1-9-10-14-40(51)47-21-24-53-27-28-54-25-22-48-23-26-55-41(30-48)57-38-17-18-46-31(2)45(46)20-19-44(8)34(12-11-13-39(43(6,7)52)56-32(3)49)36(50)29-35(44)33(45)15-16-37(46)42(38,4)5;1-3-4-2-5(1,3)4;1-2/h31,33-39,41,50,52H,9-30H2,1-8H3,(H,47,51);3-4H,1-2H2;2H,1H3/t31?,33?,34-,35?,36?,37?,38?,39-,41-,44?,45?,46?;;/m0../s1. The molecule has 14 atom stereocenters. The van der Waals surface area contributed by atoms with Gasteiger partial charge in [0.15, 0.2) is 6.29 Å². The molecule has 5 aliphatic carbocycles. The Hall–Kier alpha value is -1.03. The zero-order chi connectivity index (χ0) is 46.3. The quantitative estimate of drug-likeness (QED) is 0.0587. The Morgan fingerprint density at radius 1 is 0.953 bits per heavy atom. The van der Waals surface area contributed by atoms with E-state index in [0.717, 1.165) is 65.3 Å². The molecule has 0 radical (unpaired) electrons. The van der Waals surface area contributed by atoms with Crippen LogP contribution in [0.1, 0.15) is 139 Å². The van der Waals surface area contributed by atoms with Crippen molar-refractivity contribution in [3.63, 3.8) is 0 Å². The van der Waals surface area contributed by atoms with Gasteiger partial charge in [0, 0.05) is 57.1 Å². The van der Waals surface area contributed by atoms with Crippen LogP contribution in [0.2, 0.25) is 0 Å². The van der Waals surface area contributed by atoms with E-state index in [-0.39, 0.29) is 47.1 Å². The average Bonchev–Trinajstić information content (AvgIpc) is 4.22. The van der Waals surface area contributed by atoms with Crippen molar-refractivity contribution in [1.29, 1.82) is 0 Å². The van der Waals surface area contributed by atoms with Crippen LogP contribution in [0.4, 0.5) is 0 Å². The smallest absolute Gasteiger partial charge is 0.303 e. The average molecular weight is 923 g/mol. The first-order valence-electron chi connectivity index (χ1n) is 25.7. The van der Waals surface area contributed by atoms with Gasteiger partial charge in [-0.3, -0.25) is 14.5 Å². The molecule has 4 aliphatic heterocycles. The van der Waals surface area contributed by atoms with E-state index in [1.807, 2.05) is 0 Å². The number of amides is 1. The molecule has 64 heavy (non-hydrogen) atoms. The molecule has 0 aromatic heterocycles. The van der Waals surface area contributed by atoms with Gasteiger partial charge in [0.1, 0.15) is 6.10 Å². The Bertz CT molecular complexity index is 1580. The van der Waals surface area contributed by atoms with Gasteiger partial charge in [0.25, 0.3) is 0 Å². The molecule has 9 rings (SSSR count). The summed E-state index contributed by atoms with van der Waals surface area (Å²) in [4.78, 5) is 25.9. The number of unbranched alkanes of at least 4 members (excludes halogenated alkanes) is 1. The zero-order valence-corrected chi connectivity index (χ0v) is 42.2. The predicted molar refractivity (Wildman–Crippen MR) is 252 cm³/mol. The van der Waals surface area contributed by atoms with Gasteiger partial charge in [-0.1, -0.05) is 41.0 Å². The van der Waals surface area contributed by atoms with Crippen molar-refractivity contribution < 1.29 is 48.6 Å². The molecule has 9 aliphatic rings. The fourth-order valence-electron chi connectivity index (χ4n) is 15.5. The maximum absolute atomic E-state index is 11.8. The molecule has 370 valence electrons. The second kappa shape index (κ2) is 20.1. The summed E-state index contributed by atoms with van der Waals surface area (Å²) in [6.45, 7) is 22.8. The van der Waals surface area contributed by atoms with E-state index in [9.17, 15) is 19.8 Å². The highest BCUT2D eigenvalue weighted by atomic mass is 32.3. The van der Waals surface area contributed by atoms with Crippen molar-refractivity contribution in [3.05, 3.63) is 0 Å². The lowest BCUT2D eigenvalue weighted by molar-refractivity contribution is -0.245. The van der Waals surface area contributed by atoms with Crippen LogP contribution in [-0.2, 0) is 33.3 Å². The molecule has 0 aromatic rings. The Morgan fingerprint density at radius 3 is 2.30 bits per heavy atom. The number of nitrogens with zero attached hydrogens (tertiary/aromatic N) is 1. The number of ether oxygens (including phenoxy) is 5. The normalized spacial score (nSPS) is 42.9. The first-order chi connectivity index (χ1) is 30.5. The van der Waals surface area contributed by atoms with Gasteiger partial charge in [0.05, 0.1) is 50.8 Å². The van der Waals surface area contributed by atoms with E-state index in [2.05, 4.69) is 44.8 Å². The lowest BCUT2D eigenvalue weighted by Crippen LogP contribution is -2.56. The van der Waals surface area contributed by atoms with Crippen molar-refractivity contribution in [2.24, 2.45) is 51.2 Å². The highest BCUT2D eigenvalue weighted by Crippen LogP contribution is 3.04. The SMILES string of the molecule is C1C2C3CS123.CCCCC(=O)NCCOCCOCCN1CCO[C@@H](OC2CCC34C(CCC5C6CC(O)[C@H](CCC[C@H](OC(C)=O)C(C)(C)O)C6(C)CCC53C4C)C2(C)C)C1.CO. The number of carbonyl (C=O) groups is 2. The Morgan fingerprint density at radius 2 is 1.66 bits per heavy atom. The van der Waals surface area contributed by atoms with Gasteiger partial charge in [-0.05, 0) is 147 Å². The number of aliphatic hydroxyl groups is 3. The van der Waals surface area contributed by atoms with Crippen molar-refractivity contribution in [2.75, 3.05) is 77.8 Å². The second-order valence-corrected chi connectivity index (χ2v) is 26.8. The second-order valence-electron chi connectivity index (χ2n) is 22.9. The largest absolute Gasteiger partial charge is 0.460 e. The Labute approximate surface area is 388 Å². The first-order valence-corrected chi connectivity index (χ1v) is 27.8. The van der Waals surface area contributed by atoms with E-state index < -0.39 is 11.7 Å². The number of hydrogen-bond acceptors (Lipinski definition) is 11. The number of fused-ring (bicyclic) bond motifs is 3. The molecular weight excluding hydrogens is 833 g/mol. The Balaban J connectivity index is 0.000000787. The van der Waals surface area contributed by atoms with Gasteiger partial charge in [-0.2, -0.15) is 0 Å². The summed E-state index contributed by atoms with van der Waals surface area (Å²) in [6, 6.07) is 0. The number of esters is 1. The number of aliphatic hydroxyl groups excluding tert-OH is 2. The maximum Gasteiger partial charge on any atom is 0.303 e. The lowest BCUT2D eigenvalue weighted by atomic mass is 9.46. The molecule has 4 N–H and O–H groups in total. The summed E-state index contributed by atoms with van der Waals surface area (Å²) in [6.07, 6.45) is 12.1. The molecule has 13 heteroatoms. The molecule has 4 saturated heterocycles. The first kappa shape index (κ1) is 50.8. The van der Waals surface area contributed by atoms with Crippen LogP contribution in [-0.4, -0.2) is 151 Å². The van der Waals surface area contributed by atoms with Gasteiger partial charge in [-0.25, -0.2) is 10.0 Å². The van der Waals surface area contributed by atoms with E-state index in [4.69, 9.17) is 28.8 Å². The third-order valence-corrected chi connectivity index (χ3v) is 23.4. The van der Waals surface area contributed by atoms with Crippen LogP contribution in [0.5, 0.6) is 0 Å². The lowest BCUT2D eigenvalue weighted by Gasteiger charge is -2.59. The van der Waals surface area contributed by atoms with Gasteiger partial charge < -0.3 is 44.3 Å². The monoisotopic (exact) mass is 923 g/mol. The minimum absolute atomic E-state index is 0.0471. The van der Waals surface area contributed by atoms with Crippen LogP contribution in [0.15, 0.2) is 0 Å². The summed E-state index contributed by atoms with van der Waals surface area (Å²) in [5, 5.41) is 35.0. The predicted octanol–water partition coefficient (Wildman–Crippen LogP) is 6.69. The molecule has 0 aromatic carbocycles. The summed E-state index contributed by atoms with van der Waals surface area (Å²) >= 11 is 0. The number of carbonyl (C=O) groups excluding carboxylic acids is 2. The maximum atomic E-state index is 11.8. The number of morpholine rings is 1. The van der Waals surface area contributed by atoms with Crippen molar-refractivity contribution >= 4 is 21.9 Å². The Kier molecular flexibility index (Phi) is 16.0. The molecule has 3 spiro atoms. The van der Waals surface area contributed by atoms with Gasteiger partial charge >= 0.3 is 5.97 Å². The minimum Gasteiger partial charge on any atom is -0.460 e. The topological polar surface area (TPSA) is 156 Å². The van der Waals surface area contributed by atoms with Crippen LogP contribution in [0, 0.1) is 51.2 Å². The molecule has 5 saturated carbocycles. The highest BCUT2D eigenvalue weighted by Gasteiger charge is 2.87. The van der Waals surface area contributed by atoms with Crippen LogP contribution >= 0.6 is 10.0 Å². The van der Waals surface area contributed by atoms with Crippen LogP contribution in [0.25, 0.3) is 0 Å². The fraction of sp³-hybridized carbons (Fsp3) is 0.961. The summed E-state index contributed by atoms with van der Waals surface area (Å²) in [7, 11) is 1.42. The van der Waals surface area contributed by atoms with Crippen molar-refractivity contribution in [1.82, 2.24) is 10.2 Å². The fourth-order valence-corrected chi connectivity index (χ4v) is 19.7. The molecule has 11 unspecified atom stereocenters. The molecule has 9 fully saturated rings. The van der Waals surface area contributed by atoms with E-state index in [1.165, 1.54) is 49.5 Å². The zero-order valence-electron chi connectivity index (χ0n) is 41.4. The van der Waals surface area contributed by atoms with Crippen molar-refractivity contribution in [2.45, 2.75) is 180 Å². The van der Waals surface area contributed by atoms with Gasteiger partial charge in [-0.15, -0.1) is 0 Å². The summed E-state index contributed by atoms with van der Waals surface area (Å²) < 4.78 is 30.2. The number of nitrogens with one attached hydrogen (secondary N) is 1. The number of rotatable bonds is 20. The molecule has 4 heterocycles. The van der Waals surface area contributed by atoms with Gasteiger partial charge in [0.2, 0.25) is 5.91 Å². The van der Waals surface area contributed by atoms with Crippen molar-refractivity contribution in [3.8, 4) is 0 Å². The van der Waals surface area contributed by atoms with E-state index >= 15 is 0 Å². The molecule has 1 amide bonds. The van der Waals surface area contributed by atoms with E-state index in [0.29, 0.717) is 97.0 Å². The highest BCUT2D eigenvalue weighted by molar-refractivity contribution is 8.53. The third kappa shape index (κ3) is 9.75.